The molecular formula is C13H22N4O. The first-order chi connectivity index (χ1) is 8.69. The summed E-state index contributed by atoms with van der Waals surface area (Å²) in [6.07, 6.45) is 4.18. The van der Waals surface area contributed by atoms with Crippen LogP contribution in [0.25, 0.3) is 0 Å². The van der Waals surface area contributed by atoms with Crippen LogP contribution in [0.5, 0.6) is 0 Å². The van der Waals surface area contributed by atoms with E-state index in [1.807, 2.05) is 19.9 Å². The fraction of sp³-hybridized carbons (Fsp3) is 0.615. The molecule has 1 aromatic heterocycles. The Kier molecular flexibility index (Phi) is 4.16. The number of ether oxygens (including phenoxy) is 1. The molecule has 1 heterocycles. The second-order valence-corrected chi connectivity index (χ2v) is 4.83. The number of nitrogen functional groups attached to an aromatic ring is 1. The SMILES string of the molecule is CCOC(C1CC1)C(NN)c1c(C)ccnc1N. The van der Waals surface area contributed by atoms with Crippen molar-refractivity contribution in [3.05, 3.63) is 23.4 Å². The van der Waals surface area contributed by atoms with Gasteiger partial charge in [-0.1, -0.05) is 0 Å². The number of hydrazine groups is 1. The first kappa shape index (κ1) is 13.3. The largest absolute Gasteiger partial charge is 0.383 e. The Morgan fingerprint density at radius 1 is 1.56 bits per heavy atom. The number of anilines is 1. The van der Waals surface area contributed by atoms with E-state index in [9.17, 15) is 0 Å². The van der Waals surface area contributed by atoms with Gasteiger partial charge >= 0.3 is 0 Å². The predicted molar refractivity (Wildman–Crippen MR) is 71.6 cm³/mol. The average Bonchev–Trinajstić information content (AvgIpc) is 3.16. The number of nitrogens with one attached hydrogen (secondary N) is 1. The maximum absolute atomic E-state index is 5.99. The molecule has 0 saturated heterocycles. The van der Waals surface area contributed by atoms with Crippen LogP contribution in [-0.4, -0.2) is 17.7 Å². The molecule has 1 aromatic rings. The minimum atomic E-state index is -0.0915. The molecule has 5 N–H and O–H groups in total. The van der Waals surface area contributed by atoms with Gasteiger partial charge in [0, 0.05) is 18.4 Å². The lowest BCUT2D eigenvalue weighted by Crippen LogP contribution is -2.40. The topological polar surface area (TPSA) is 86.2 Å². The number of hydrogen-bond donors (Lipinski definition) is 3. The molecule has 0 spiro atoms. The lowest BCUT2D eigenvalue weighted by atomic mass is 9.95. The van der Waals surface area contributed by atoms with Gasteiger partial charge in [0.2, 0.25) is 0 Å². The molecule has 2 atom stereocenters. The van der Waals surface area contributed by atoms with Crippen LogP contribution >= 0.6 is 0 Å². The van der Waals surface area contributed by atoms with Crippen LogP contribution in [-0.2, 0) is 4.74 Å². The van der Waals surface area contributed by atoms with Crippen LogP contribution in [0.15, 0.2) is 12.3 Å². The molecule has 1 aliphatic carbocycles. The first-order valence-electron chi connectivity index (χ1n) is 6.47. The molecule has 0 amide bonds. The summed E-state index contributed by atoms with van der Waals surface area (Å²) in [6.45, 7) is 4.70. The van der Waals surface area contributed by atoms with E-state index in [1.165, 1.54) is 12.8 Å². The summed E-state index contributed by atoms with van der Waals surface area (Å²) in [6, 6.07) is 1.86. The van der Waals surface area contributed by atoms with Gasteiger partial charge in [0.05, 0.1) is 12.1 Å². The smallest absolute Gasteiger partial charge is 0.128 e. The van der Waals surface area contributed by atoms with Crippen molar-refractivity contribution in [1.29, 1.82) is 0 Å². The molecule has 1 aliphatic rings. The van der Waals surface area contributed by atoms with Crippen molar-refractivity contribution < 1.29 is 4.74 Å². The molecule has 100 valence electrons. The standard InChI is InChI=1S/C13H22N4O/c1-3-18-12(9-4-5-9)11(17-15)10-8(2)6-7-16-13(10)14/h6-7,9,11-12,17H,3-5,15H2,1-2H3,(H2,14,16). The van der Waals surface area contributed by atoms with Crippen molar-refractivity contribution >= 4 is 5.82 Å². The number of hydrogen-bond acceptors (Lipinski definition) is 5. The highest BCUT2D eigenvalue weighted by atomic mass is 16.5. The normalized spacial score (nSPS) is 18.6. The van der Waals surface area contributed by atoms with Crippen LogP contribution in [0.3, 0.4) is 0 Å². The number of aryl methyl sites for hydroxylation is 1. The van der Waals surface area contributed by atoms with Gasteiger partial charge in [0.25, 0.3) is 0 Å². The minimum Gasteiger partial charge on any atom is -0.383 e. The molecule has 5 nitrogen and oxygen atoms in total. The van der Waals surface area contributed by atoms with Crippen LogP contribution in [0, 0.1) is 12.8 Å². The molecule has 1 fully saturated rings. The fourth-order valence-corrected chi connectivity index (χ4v) is 2.46. The fourth-order valence-electron chi connectivity index (χ4n) is 2.46. The maximum atomic E-state index is 5.99. The monoisotopic (exact) mass is 250 g/mol. The van der Waals surface area contributed by atoms with Crippen molar-refractivity contribution in [2.24, 2.45) is 11.8 Å². The molecular weight excluding hydrogens is 228 g/mol. The Hall–Kier alpha value is -1.17. The Bertz CT molecular complexity index is 386. The van der Waals surface area contributed by atoms with Crippen molar-refractivity contribution in [2.45, 2.75) is 38.8 Å². The van der Waals surface area contributed by atoms with Gasteiger partial charge in [-0.3, -0.25) is 11.3 Å². The first-order valence-corrected chi connectivity index (χ1v) is 6.47. The molecule has 2 unspecified atom stereocenters. The highest BCUT2D eigenvalue weighted by Crippen LogP contribution is 2.41. The minimum absolute atomic E-state index is 0.0743. The zero-order chi connectivity index (χ0) is 13.1. The lowest BCUT2D eigenvalue weighted by Gasteiger charge is -2.28. The summed E-state index contributed by atoms with van der Waals surface area (Å²) >= 11 is 0. The highest BCUT2D eigenvalue weighted by Gasteiger charge is 2.38. The Balaban J connectivity index is 2.31. The zero-order valence-corrected chi connectivity index (χ0v) is 11.0. The molecule has 18 heavy (non-hydrogen) atoms. The predicted octanol–water partition coefficient (Wildman–Crippen LogP) is 1.29. The van der Waals surface area contributed by atoms with Crippen LogP contribution in [0.1, 0.15) is 36.9 Å². The van der Waals surface area contributed by atoms with Gasteiger partial charge in [-0.15, -0.1) is 0 Å². The van der Waals surface area contributed by atoms with Crippen LogP contribution in [0.4, 0.5) is 5.82 Å². The lowest BCUT2D eigenvalue weighted by molar-refractivity contribution is 0.0185. The van der Waals surface area contributed by atoms with Gasteiger partial charge in [0.15, 0.2) is 0 Å². The number of nitrogens with zero attached hydrogens (tertiary/aromatic N) is 1. The van der Waals surface area contributed by atoms with Crippen LogP contribution in [0.2, 0.25) is 0 Å². The molecule has 0 aromatic carbocycles. The van der Waals surface area contributed by atoms with E-state index in [1.54, 1.807) is 6.20 Å². The number of aromatic nitrogens is 1. The summed E-state index contributed by atoms with van der Waals surface area (Å²) in [4.78, 5) is 4.16. The van der Waals surface area contributed by atoms with E-state index < -0.39 is 0 Å². The number of nitrogens with two attached hydrogens (primary N) is 2. The quantitative estimate of drug-likeness (QED) is 0.523. The van der Waals surface area contributed by atoms with Gasteiger partial charge in [-0.25, -0.2) is 4.98 Å². The van der Waals surface area contributed by atoms with Gasteiger partial charge in [0.1, 0.15) is 5.82 Å². The highest BCUT2D eigenvalue weighted by molar-refractivity contribution is 5.46. The zero-order valence-electron chi connectivity index (χ0n) is 11.0. The van der Waals surface area contributed by atoms with Crippen LogP contribution < -0.4 is 17.0 Å². The second-order valence-electron chi connectivity index (χ2n) is 4.83. The van der Waals surface area contributed by atoms with Gasteiger partial charge in [-0.2, -0.15) is 0 Å². The second kappa shape index (κ2) is 5.65. The third-order valence-electron chi connectivity index (χ3n) is 3.50. The van der Waals surface area contributed by atoms with Crippen molar-refractivity contribution in [3.63, 3.8) is 0 Å². The summed E-state index contributed by atoms with van der Waals surface area (Å²) in [7, 11) is 0. The Labute approximate surface area is 108 Å². The van der Waals surface area contributed by atoms with E-state index in [4.69, 9.17) is 16.3 Å². The third-order valence-corrected chi connectivity index (χ3v) is 3.50. The summed E-state index contributed by atoms with van der Waals surface area (Å²) in [5.74, 6) is 6.83. The maximum Gasteiger partial charge on any atom is 0.128 e. The van der Waals surface area contributed by atoms with E-state index >= 15 is 0 Å². The van der Waals surface area contributed by atoms with E-state index in [0.29, 0.717) is 18.3 Å². The molecule has 0 bridgehead atoms. The van der Waals surface area contributed by atoms with E-state index in [2.05, 4.69) is 10.4 Å². The Morgan fingerprint density at radius 2 is 2.28 bits per heavy atom. The van der Waals surface area contributed by atoms with Crippen molar-refractivity contribution in [2.75, 3.05) is 12.3 Å². The summed E-state index contributed by atoms with van der Waals surface area (Å²) < 4.78 is 5.86. The van der Waals surface area contributed by atoms with E-state index in [0.717, 1.165) is 11.1 Å². The number of pyridine rings is 1. The molecule has 0 aliphatic heterocycles. The van der Waals surface area contributed by atoms with Crippen molar-refractivity contribution in [1.82, 2.24) is 10.4 Å². The Morgan fingerprint density at radius 3 is 2.78 bits per heavy atom. The molecule has 2 rings (SSSR count). The molecule has 0 radical (unpaired) electrons. The van der Waals surface area contributed by atoms with Gasteiger partial charge in [-0.05, 0) is 44.2 Å². The molecule has 5 heteroatoms. The van der Waals surface area contributed by atoms with E-state index in [-0.39, 0.29) is 12.1 Å². The van der Waals surface area contributed by atoms with Crippen molar-refractivity contribution in [3.8, 4) is 0 Å². The van der Waals surface area contributed by atoms with Gasteiger partial charge < -0.3 is 10.5 Å². The molecule has 1 saturated carbocycles. The number of rotatable bonds is 6. The third kappa shape index (κ3) is 2.63. The summed E-state index contributed by atoms with van der Waals surface area (Å²) in [5.41, 5.74) is 10.9. The summed E-state index contributed by atoms with van der Waals surface area (Å²) in [5, 5.41) is 0. The average molecular weight is 250 g/mol.